The molecule has 0 radical (unpaired) electrons. The third kappa shape index (κ3) is 6.92. The smallest absolute Gasteiger partial charge is 0.321 e. The van der Waals surface area contributed by atoms with Crippen LogP contribution in [-0.2, 0) is 9.59 Å². The molecule has 0 spiro atoms. The van der Waals surface area contributed by atoms with Gasteiger partial charge >= 0.3 is 12.0 Å². The molecule has 1 rings (SSSR count). The van der Waals surface area contributed by atoms with Gasteiger partial charge in [0.25, 0.3) is 0 Å². The summed E-state index contributed by atoms with van der Waals surface area (Å²) in [7, 11) is 0. The van der Waals surface area contributed by atoms with Gasteiger partial charge in [-0.3, -0.25) is 14.9 Å². The zero-order valence-electron chi connectivity index (χ0n) is 11.8. The Morgan fingerprint density at radius 2 is 2.10 bits per heavy atom. The molecular weight excluding hydrogens is 260 g/mol. The maximum Gasteiger partial charge on any atom is 0.321 e. The van der Waals surface area contributed by atoms with Gasteiger partial charge < -0.3 is 10.4 Å². The number of allylic oxidation sites excluding steroid dienone is 1. The second-order valence-electron chi connectivity index (χ2n) is 5.22. The summed E-state index contributed by atoms with van der Waals surface area (Å²) in [5.41, 5.74) is 1.35. The number of amides is 3. The zero-order chi connectivity index (χ0) is 15.0. The standard InChI is InChI=1S/C14H22N2O4/c1-10(9-13(18)19)8-12(17)16-14(20)15-7-6-11-4-2-3-5-11/h4,10H,2-3,5-9H2,1H3,(H,18,19)(H2,15,16,17,20). The van der Waals surface area contributed by atoms with E-state index in [1.807, 2.05) is 0 Å². The van der Waals surface area contributed by atoms with E-state index in [9.17, 15) is 14.4 Å². The number of aliphatic carboxylic acids is 1. The van der Waals surface area contributed by atoms with Crippen LogP contribution in [-0.4, -0.2) is 29.6 Å². The van der Waals surface area contributed by atoms with Gasteiger partial charge in [0, 0.05) is 19.4 Å². The van der Waals surface area contributed by atoms with Crippen molar-refractivity contribution in [2.75, 3.05) is 6.54 Å². The summed E-state index contributed by atoms with van der Waals surface area (Å²) in [6.07, 6.45) is 6.35. The van der Waals surface area contributed by atoms with E-state index in [2.05, 4.69) is 16.7 Å². The number of urea groups is 1. The molecular formula is C14H22N2O4. The number of rotatable bonds is 7. The second kappa shape index (κ2) is 8.35. The SMILES string of the molecule is CC(CC(=O)O)CC(=O)NC(=O)NCCC1=CCCC1. The quantitative estimate of drug-likeness (QED) is 0.620. The molecule has 6 heteroatoms. The summed E-state index contributed by atoms with van der Waals surface area (Å²) in [4.78, 5) is 33.4. The van der Waals surface area contributed by atoms with Crippen molar-refractivity contribution < 1.29 is 19.5 Å². The lowest BCUT2D eigenvalue weighted by Crippen LogP contribution is -2.40. The average Bonchev–Trinajstić information content (AvgIpc) is 2.80. The largest absolute Gasteiger partial charge is 0.481 e. The Morgan fingerprint density at radius 1 is 1.35 bits per heavy atom. The van der Waals surface area contributed by atoms with Crippen LogP contribution in [0.25, 0.3) is 0 Å². The zero-order valence-corrected chi connectivity index (χ0v) is 11.8. The molecule has 1 atom stereocenters. The molecule has 0 bridgehead atoms. The molecule has 6 nitrogen and oxygen atoms in total. The number of imide groups is 1. The van der Waals surface area contributed by atoms with Crippen LogP contribution in [0.5, 0.6) is 0 Å². The molecule has 3 amide bonds. The molecule has 0 aromatic carbocycles. The van der Waals surface area contributed by atoms with Gasteiger partial charge in [0.2, 0.25) is 5.91 Å². The van der Waals surface area contributed by atoms with Gasteiger partial charge in [-0.2, -0.15) is 0 Å². The van der Waals surface area contributed by atoms with Crippen LogP contribution in [0, 0.1) is 5.92 Å². The summed E-state index contributed by atoms with van der Waals surface area (Å²) in [6.45, 7) is 2.17. The number of nitrogens with one attached hydrogen (secondary N) is 2. The number of hydrogen-bond donors (Lipinski definition) is 3. The van der Waals surface area contributed by atoms with E-state index in [0.29, 0.717) is 6.54 Å². The molecule has 3 N–H and O–H groups in total. The molecule has 0 fully saturated rings. The summed E-state index contributed by atoms with van der Waals surface area (Å²) in [5.74, 6) is -1.68. The van der Waals surface area contributed by atoms with Crippen molar-refractivity contribution in [3.05, 3.63) is 11.6 Å². The lowest BCUT2D eigenvalue weighted by molar-refractivity contribution is -0.138. The van der Waals surface area contributed by atoms with Crippen molar-refractivity contribution in [3.8, 4) is 0 Å². The number of carboxylic acids is 1. The molecule has 0 saturated heterocycles. The first-order valence-electron chi connectivity index (χ1n) is 6.94. The predicted molar refractivity (Wildman–Crippen MR) is 74.1 cm³/mol. The molecule has 0 aromatic rings. The minimum atomic E-state index is -0.945. The molecule has 112 valence electrons. The average molecular weight is 282 g/mol. The third-order valence-electron chi connectivity index (χ3n) is 3.18. The normalized spacial score (nSPS) is 15.3. The lowest BCUT2D eigenvalue weighted by Gasteiger charge is -2.10. The van der Waals surface area contributed by atoms with Gasteiger partial charge in [-0.25, -0.2) is 4.79 Å². The van der Waals surface area contributed by atoms with E-state index < -0.39 is 17.9 Å². The van der Waals surface area contributed by atoms with E-state index in [1.54, 1.807) is 6.92 Å². The van der Waals surface area contributed by atoms with E-state index in [1.165, 1.54) is 12.0 Å². The highest BCUT2D eigenvalue weighted by Crippen LogP contribution is 2.19. The van der Waals surface area contributed by atoms with E-state index in [-0.39, 0.29) is 18.8 Å². The topological polar surface area (TPSA) is 95.5 Å². The summed E-state index contributed by atoms with van der Waals surface area (Å²) in [6, 6.07) is -0.517. The number of carboxylic acid groups (broad SMARTS) is 1. The minimum Gasteiger partial charge on any atom is -0.481 e. The van der Waals surface area contributed by atoms with Gasteiger partial charge in [-0.15, -0.1) is 0 Å². The van der Waals surface area contributed by atoms with Crippen molar-refractivity contribution in [3.63, 3.8) is 0 Å². The van der Waals surface area contributed by atoms with Crippen LogP contribution in [0.3, 0.4) is 0 Å². The van der Waals surface area contributed by atoms with Crippen LogP contribution in [0.2, 0.25) is 0 Å². The number of carbonyl (C=O) groups excluding carboxylic acids is 2. The first-order valence-corrected chi connectivity index (χ1v) is 6.94. The maximum atomic E-state index is 11.5. The highest BCUT2D eigenvalue weighted by Gasteiger charge is 2.14. The summed E-state index contributed by atoms with van der Waals surface area (Å²) >= 11 is 0. The Balaban J connectivity index is 2.14. The first-order chi connectivity index (χ1) is 9.47. The van der Waals surface area contributed by atoms with Gasteiger partial charge in [0.1, 0.15) is 0 Å². The van der Waals surface area contributed by atoms with Crippen LogP contribution in [0.15, 0.2) is 11.6 Å². The fraction of sp³-hybridized carbons (Fsp3) is 0.643. The molecule has 0 aromatic heterocycles. The van der Waals surface area contributed by atoms with Gasteiger partial charge in [-0.05, 0) is 31.6 Å². The predicted octanol–water partition coefficient (Wildman–Crippen LogP) is 1.81. The first kappa shape index (κ1) is 16.2. The molecule has 0 saturated carbocycles. The van der Waals surface area contributed by atoms with Crippen LogP contribution >= 0.6 is 0 Å². The Kier molecular flexibility index (Phi) is 6.76. The Hall–Kier alpha value is -1.85. The monoisotopic (exact) mass is 282 g/mol. The van der Waals surface area contributed by atoms with E-state index in [4.69, 9.17) is 5.11 Å². The molecule has 0 aliphatic heterocycles. The lowest BCUT2D eigenvalue weighted by atomic mass is 10.0. The minimum absolute atomic E-state index is 0.0326. The Labute approximate surface area is 118 Å². The van der Waals surface area contributed by atoms with Gasteiger partial charge in [0.05, 0.1) is 0 Å². The molecule has 0 heterocycles. The molecule has 1 unspecified atom stereocenters. The Bertz CT molecular complexity index is 404. The fourth-order valence-corrected chi connectivity index (χ4v) is 2.21. The molecule has 1 aliphatic carbocycles. The third-order valence-corrected chi connectivity index (χ3v) is 3.18. The fourth-order valence-electron chi connectivity index (χ4n) is 2.21. The van der Waals surface area contributed by atoms with Crippen molar-refractivity contribution in [2.24, 2.45) is 5.92 Å². The van der Waals surface area contributed by atoms with Crippen LogP contribution < -0.4 is 10.6 Å². The highest BCUT2D eigenvalue weighted by atomic mass is 16.4. The summed E-state index contributed by atoms with van der Waals surface area (Å²) < 4.78 is 0. The number of hydrogen-bond acceptors (Lipinski definition) is 3. The van der Waals surface area contributed by atoms with Crippen LogP contribution in [0.1, 0.15) is 45.4 Å². The Morgan fingerprint density at radius 3 is 2.70 bits per heavy atom. The van der Waals surface area contributed by atoms with Crippen molar-refractivity contribution in [1.29, 1.82) is 0 Å². The van der Waals surface area contributed by atoms with Gasteiger partial charge in [0.15, 0.2) is 0 Å². The maximum absolute atomic E-state index is 11.5. The van der Waals surface area contributed by atoms with Crippen molar-refractivity contribution >= 4 is 17.9 Å². The van der Waals surface area contributed by atoms with E-state index in [0.717, 1.165) is 19.3 Å². The van der Waals surface area contributed by atoms with Crippen molar-refractivity contribution in [1.82, 2.24) is 10.6 Å². The highest BCUT2D eigenvalue weighted by molar-refractivity contribution is 5.94. The molecule has 1 aliphatic rings. The number of carbonyl (C=O) groups is 3. The second-order valence-corrected chi connectivity index (χ2v) is 5.22. The van der Waals surface area contributed by atoms with E-state index >= 15 is 0 Å². The van der Waals surface area contributed by atoms with Crippen molar-refractivity contribution in [2.45, 2.75) is 45.4 Å². The molecule has 20 heavy (non-hydrogen) atoms. The van der Waals surface area contributed by atoms with Crippen LogP contribution in [0.4, 0.5) is 4.79 Å². The van der Waals surface area contributed by atoms with Gasteiger partial charge in [-0.1, -0.05) is 18.6 Å². The summed E-state index contributed by atoms with van der Waals surface area (Å²) in [5, 5.41) is 13.4.